The van der Waals surface area contributed by atoms with Crippen molar-refractivity contribution >= 4 is 23.3 Å². The first-order valence-electron chi connectivity index (χ1n) is 7.19. The molecule has 1 atom stereocenters. The maximum Gasteiger partial charge on any atom is 0.319 e. The molecule has 6 heteroatoms. The Kier molecular flexibility index (Phi) is 4.06. The number of hydrogen-bond donors (Lipinski definition) is 2. The average molecular weight is 311 g/mol. The van der Waals surface area contributed by atoms with Crippen molar-refractivity contribution in [3.63, 3.8) is 0 Å². The summed E-state index contributed by atoms with van der Waals surface area (Å²) in [5, 5.41) is 6.32. The minimum absolute atomic E-state index is 0.0617. The number of halogens is 1. The van der Waals surface area contributed by atoms with Crippen molar-refractivity contribution in [2.75, 3.05) is 18.5 Å². The Balaban J connectivity index is 1.56. The van der Waals surface area contributed by atoms with E-state index in [1.807, 2.05) is 19.1 Å². The average Bonchev–Trinajstić information content (AvgIpc) is 3.06. The fourth-order valence-electron chi connectivity index (χ4n) is 2.94. The van der Waals surface area contributed by atoms with Crippen LogP contribution in [0.15, 0.2) is 18.2 Å². The zero-order valence-electron chi connectivity index (χ0n) is 11.9. The normalized spacial score (nSPS) is 23.4. The van der Waals surface area contributed by atoms with Gasteiger partial charge in [0.25, 0.3) is 0 Å². The van der Waals surface area contributed by atoms with E-state index in [4.69, 9.17) is 21.1 Å². The third kappa shape index (κ3) is 3.15. The third-order valence-electron chi connectivity index (χ3n) is 4.02. The standard InChI is InChI=1S/C15H19ClN2O3/c1-10-3-2-4-12(13(10)16)18-14(19)17-11-5-6-15(9-11)20-7-8-21-15/h2-4,11H,5-9H2,1H3,(H2,17,18,19)/t11-/m1/s1. The van der Waals surface area contributed by atoms with Gasteiger partial charge < -0.3 is 20.1 Å². The molecule has 2 fully saturated rings. The van der Waals surface area contributed by atoms with E-state index < -0.39 is 5.79 Å². The summed E-state index contributed by atoms with van der Waals surface area (Å²) in [7, 11) is 0. The molecule has 1 spiro atoms. The maximum absolute atomic E-state index is 12.1. The van der Waals surface area contributed by atoms with Gasteiger partial charge in [-0.2, -0.15) is 0 Å². The molecule has 0 radical (unpaired) electrons. The molecule has 0 aromatic heterocycles. The highest BCUT2D eigenvalue weighted by atomic mass is 35.5. The summed E-state index contributed by atoms with van der Waals surface area (Å²) >= 11 is 6.17. The number of anilines is 1. The van der Waals surface area contributed by atoms with Crippen LogP contribution in [0, 0.1) is 6.92 Å². The van der Waals surface area contributed by atoms with Gasteiger partial charge in [0.05, 0.1) is 23.9 Å². The first-order chi connectivity index (χ1) is 10.1. The predicted octanol–water partition coefficient (Wildman–Crippen LogP) is 3.07. The Bertz CT molecular complexity index is 544. The third-order valence-corrected chi connectivity index (χ3v) is 4.52. The van der Waals surface area contributed by atoms with Crippen LogP contribution in [-0.4, -0.2) is 31.1 Å². The summed E-state index contributed by atoms with van der Waals surface area (Å²) in [4.78, 5) is 12.1. The van der Waals surface area contributed by atoms with E-state index in [-0.39, 0.29) is 12.1 Å². The second-order valence-corrected chi connectivity index (χ2v) is 5.96. The van der Waals surface area contributed by atoms with Crippen molar-refractivity contribution in [3.05, 3.63) is 28.8 Å². The van der Waals surface area contributed by atoms with Crippen molar-refractivity contribution < 1.29 is 14.3 Å². The molecule has 21 heavy (non-hydrogen) atoms. The number of nitrogens with one attached hydrogen (secondary N) is 2. The number of rotatable bonds is 2. The van der Waals surface area contributed by atoms with E-state index in [2.05, 4.69) is 10.6 Å². The number of amides is 2. The van der Waals surface area contributed by atoms with Crippen molar-refractivity contribution in [1.82, 2.24) is 5.32 Å². The Hall–Kier alpha value is -1.30. The maximum atomic E-state index is 12.1. The Morgan fingerprint density at radius 2 is 2.14 bits per heavy atom. The largest absolute Gasteiger partial charge is 0.347 e. The van der Waals surface area contributed by atoms with E-state index >= 15 is 0 Å². The van der Waals surface area contributed by atoms with Crippen LogP contribution in [0.1, 0.15) is 24.8 Å². The number of benzene rings is 1. The van der Waals surface area contributed by atoms with Crippen LogP contribution in [0.25, 0.3) is 0 Å². The SMILES string of the molecule is Cc1cccc(NC(=O)N[C@@H]2CCC3(C2)OCCO3)c1Cl. The van der Waals surface area contributed by atoms with Gasteiger partial charge in [-0.05, 0) is 25.0 Å². The number of carbonyl (C=O) groups is 1. The summed E-state index contributed by atoms with van der Waals surface area (Å²) in [5.74, 6) is -0.473. The summed E-state index contributed by atoms with van der Waals surface area (Å²) < 4.78 is 11.3. The minimum atomic E-state index is -0.473. The fraction of sp³-hybridized carbons (Fsp3) is 0.533. The number of carbonyl (C=O) groups excluding carboxylic acids is 1. The predicted molar refractivity (Wildman–Crippen MR) is 80.6 cm³/mol. The Morgan fingerprint density at radius 1 is 1.38 bits per heavy atom. The smallest absolute Gasteiger partial charge is 0.319 e. The molecule has 1 aromatic rings. The molecule has 2 aliphatic rings. The van der Waals surface area contributed by atoms with Gasteiger partial charge in [-0.25, -0.2) is 4.79 Å². The lowest BCUT2D eigenvalue weighted by Gasteiger charge is -2.21. The van der Waals surface area contributed by atoms with Crippen molar-refractivity contribution in [2.45, 2.75) is 38.0 Å². The van der Waals surface area contributed by atoms with Gasteiger partial charge in [-0.15, -0.1) is 0 Å². The van der Waals surface area contributed by atoms with Crippen LogP contribution >= 0.6 is 11.6 Å². The second kappa shape index (κ2) is 5.83. The van der Waals surface area contributed by atoms with Crippen LogP contribution in [0.3, 0.4) is 0 Å². The molecule has 1 heterocycles. The summed E-state index contributed by atoms with van der Waals surface area (Å²) in [6.07, 6.45) is 2.38. The van der Waals surface area contributed by atoms with Gasteiger partial charge in [-0.3, -0.25) is 0 Å². The van der Waals surface area contributed by atoms with Gasteiger partial charge in [0.1, 0.15) is 0 Å². The molecular formula is C15H19ClN2O3. The fourth-order valence-corrected chi connectivity index (χ4v) is 3.12. The molecular weight excluding hydrogens is 292 g/mol. The zero-order valence-corrected chi connectivity index (χ0v) is 12.7. The van der Waals surface area contributed by atoms with Crippen LogP contribution in [-0.2, 0) is 9.47 Å². The summed E-state index contributed by atoms with van der Waals surface area (Å²) in [5.41, 5.74) is 1.55. The van der Waals surface area contributed by atoms with E-state index in [9.17, 15) is 4.79 Å². The van der Waals surface area contributed by atoms with Gasteiger partial charge in [0.15, 0.2) is 5.79 Å². The van der Waals surface area contributed by atoms with E-state index in [1.54, 1.807) is 6.07 Å². The molecule has 5 nitrogen and oxygen atoms in total. The molecule has 1 saturated heterocycles. The van der Waals surface area contributed by atoms with Crippen molar-refractivity contribution in [2.24, 2.45) is 0 Å². The first-order valence-corrected chi connectivity index (χ1v) is 7.56. The summed E-state index contributed by atoms with van der Waals surface area (Å²) in [6.45, 7) is 3.18. The molecule has 0 unspecified atom stereocenters. The minimum Gasteiger partial charge on any atom is -0.347 e. The number of hydrogen-bond acceptors (Lipinski definition) is 3. The van der Waals surface area contributed by atoms with Crippen LogP contribution in [0.5, 0.6) is 0 Å². The Labute approximate surface area is 128 Å². The Morgan fingerprint density at radius 3 is 2.90 bits per heavy atom. The summed E-state index contributed by atoms with van der Waals surface area (Å²) in [6, 6.07) is 5.37. The highest BCUT2D eigenvalue weighted by Crippen LogP contribution is 2.37. The lowest BCUT2D eigenvalue weighted by molar-refractivity contribution is -0.151. The van der Waals surface area contributed by atoms with E-state index in [0.717, 1.165) is 18.4 Å². The highest BCUT2D eigenvalue weighted by molar-refractivity contribution is 6.34. The number of aryl methyl sites for hydroxylation is 1. The van der Waals surface area contributed by atoms with Crippen molar-refractivity contribution in [1.29, 1.82) is 0 Å². The van der Waals surface area contributed by atoms with E-state index in [1.165, 1.54) is 0 Å². The topological polar surface area (TPSA) is 59.6 Å². The molecule has 0 bridgehead atoms. The molecule has 2 amide bonds. The second-order valence-electron chi connectivity index (χ2n) is 5.58. The van der Waals surface area contributed by atoms with Crippen LogP contribution < -0.4 is 10.6 Å². The number of ether oxygens (including phenoxy) is 2. The van der Waals surface area contributed by atoms with Crippen LogP contribution in [0.2, 0.25) is 5.02 Å². The van der Waals surface area contributed by atoms with Crippen LogP contribution in [0.4, 0.5) is 10.5 Å². The molecule has 1 saturated carbocycles. The lowest BCUT2D eigenvalue weighted by atomic mass is 10.2. The van der Waals surface area contributed by atoms with E-state index in [0.29, 0.717) is 30.3 Å². The lowest BCUT2D eigenvalue weighted by Crippen LogP contribution is -2.38. The molecule has 114 valence electrons. The van der Waals surface area contributed by atoms with Crippen molar-refractivity contribution in [3.8, 4) is 0 Å². The quantitative estimate of drug-likeness (QED) is 0.882. The monoisotopic (exact) mass is 310 g/mol. The van der Waals surface area contributed by atoms with Gasteiger partial charge in [0, 0.05) is 18.9 Å². The van der Waals surface area contributed by atoms with Gasteiger partial charge in [0.2, 0.25) is 0 Å². The van der Waals surface area contributed by atoms with Gasteiger partial charge in [-0.1, -0.05) is 23.7 Å². The molecule has 1 aliphatic carbocycles. The molecule has 1 aliphatic heterocycles. The first kappa shape index (κ1) is 14.6. The number of urea groups is 1. The molecule has 2 N–H and O–H groups in total. The molecule has 1 aromatic carbocycles. The highest BCUT2D eigenvalue weighted by Gasteiger charge is 2.44. The molecule has 3 rings (SSSR count). The van der Waals surface area contributed by atoms with Gasteiger partial charge >= 0.3 is 6.03 Å². The zero-order chi connectivity index (χ0) is 14.9.